The van der Waals surface area contributed by atoms with Gasteiger partial charge in [-0.05, 0) is 57.9 Å². The van der Waals surface area contributed by atoms with Crippen LogP contribution in [0.1, 0.15) is 54.9 Å². The van der Waals surface area contributed by atoms with Gasteiger partial charge in [-0.2, -0.15) is 132 Å². The van der Waals surface area contributed by atoms with Gasteiger partial charge in [-0.15, -0.1) is 0 Å². The predicted octanol–water partition coefficient (Wildman–Crippen LogP) is 16.6. The van der Waals surface area contributed by atoms with Crippen molar-refractivity contribution in [3.05, 3.63) is 207 Å². The Hall–Kier alpha value is -7.78. The van der Waals surface area contributed by atoms with E-state index in [1.807, 2.05) is 54.0 Å². The van der Waals surface area contributed by atoms with Gasteiger partial charge in [0.15, 0.2) is 0 Å². The number of ketones is 1. The van der Waals surface area contributed by atoms with Gasteiger partial charge in [-0.3, -0.25) is 4.79 Å². The summed E-state index contributed by atoms with van der Waals surface area (Å²) >= 11 is 1.67. The normalized spacial score (nSPS) is 13.4. The smallest absolute Gasteiger partial charge is 0.287 e. The summed E-state index contributed by atoms with van der Waals surface area (Å²) in [5.74, 6) is 0.145. The lowest BCUT2D eigenvalue weighted by atomic mass is 9.12. The Morgan fingerprint density at radius 1 is 0.349 bits per heavy atom. The molecule has 83 heavy (non-hydrogen) atoms. The van der Waals surface area contributed by atoms with E-state index >= 15 is 0 Å². The number of carbonyl (C=O) groups is 1. The summed E-state index contributed by atoms with van der Waals surface area (Å²) in [5, 5.41) is 4.26. The van der Waals surface area contributed by atoms with Gasteiger partial charge < -0.3 is 0 Å². The van der Waals surface area contributed by atoms with E-state index in [4.69, 9.17) is 0 Å². The minimum atomic E-state index is -6.13. The zero-order chi connectivity index (χ0) is 61.4. The van der Waals surface area contributed by atoms with E-state index in [-0.39, 0.29) is 5.78 Å². The molecule has 0 fully saturated rings. The first-order valence-corrected chi connectivity index (χ1v) is 24.1. The van der Waals surface area contributed by atoms with Crippen LogP contribution in [-0.2, 0) is 56.0 Å². The Morgan fingerprint density at radius 3 is 0.904 bits per heavy atom. The van der Waals surface area contributed by atoms with Crippen molar-refractivity contribution in [2.45, 2.75) is 56.0 Å². The topological polar surface area (TPSA) is 20.9 Å². The highest BCUT2D eigenvalue weighted by atomic mass is 32.1. The fraction of sp³-hybridized carbons (Fsp3) is 0.164. The molecule has 0 saturated heterocycles. The number of benzene rings is 8. The minimum Gasteiger partial charge on any atom is -0.287 e. The minimum absolute atomic E-state index is 0.145. The summed E-state index contributed by atoms with van der Waals surface area (Å²) in [4.78, 5) is 13.4. The van der Waals surface area contributed by atoms with E-state index in [9.17, 15) is 110 Å². The molecule has 0 N–H and O–H groups in total. The summed E-state index contributed by atoms with van der Waals surface area (Å²) in [6.45, 7) is 0.349. The molecule has 0 bridgehead atoms. The molecule has 1 aromatic heterocycles. The zero-order valence-corrected chi connectivity index (χ0v) is 41.4. The maximum atomic E-state index is 14.2. The van der Waals surface area contributed by atoms with Gasteiger partial charge in [-0.1, -0.05) is 121 Å². The Bertz CT molecular complexity index is 3440. The number of aromatic nitrogens is 1. The SMILES string of the molecule is FC(F)(F)c1cc([B-](c2cc(C(F)(F)F)cc(C(F)(F)F)c2)(c2cc(C(F)(F)F)cc(C(F)(F)F)c2)c2cc(C(F)(F)F)cc(C(F)(F)F)c2)cc(C(F)(F)F)c1.O=C(C[n+]1csc2ccccc21)c1c2ccccc2cc2ccccc12. The van der Waals surface area contributed by atoms with Crippen LogP contribution in [0.4, 0.5) is 105 Å². The Labute approximate surface area is 453 Å². The lowest BCUT2D eigenvalue weighted by molar-refractivity contribution is -0.652. The van der Waals surface area contributed by atoms with Gasteiger partial charge in [0.25, 0.3) is 0 Å². The standard InChI is InChI=1S/C32H12BF24.C23H16NOS/c34-25(35,36)13-1-14(26(37,38)39)6-21(5-13)33(22-7-15(27(40,41)42)2-16(8-22)28(43,44)45,23-9-17(29(46,47)48)3-18(10-23)30(49,50)51)24-11-19(31(52,53)54)4-20(12-24)32(55,56)57;25-21(14-24-15-26-22-12-6-5-11-20(22)24)23-18-9-3-1-7-16(18)13-17-8-2-4-10-19(17)23/h1-12H;1-13,15H,14H2/q-1;+1. The van der Waals surface area contributed by atoms with Crippen LogP contribution in [0.15, 0.2) is 157 Å². The predicted molar refractivity (Wildman–Crippen MR) is 258 cm³/mol. The molecule has 1 heterocycles. The number of rotatable bonds is 7. The van der Waals surface area contributed by atoms with Crippen molar-refractivity contribution >= 4 is 76.9 Å². The number of fused-ring (bicyclic) bond motifs is 3. The van der Waals surface area contributed by atoms with Crippen LogP contribution < -0.4 is 26.4 Å². The van der Waals surface area contributed by atoms with Crippen molar-refractivity contribution in [2.75, 3.05) is 0 Å². The van der Waals surface area contributed by atoms with Gasteiger partial charge in [0, 0.05) is 11.6 Å². The van der Waals surface area contributed by atoms with Gasteiger partial charge in [0.1, 0.15) is 10.8 Å². The summed E-state index contributed by atoms with van der Waals surface area (Å²) in [7, 11) is 0. The van der Waals surface area contributed by atoms with E-state index in [1.54, 1.807) is 11.3 Å². The molecule has 0 amide bonds. The fourth-order valence-electron chi connectivity index (χ4n) is 9.71. The number of alkyl halides is 24. The number of nitrogens with zero attached hydrogens (tertiary/aromatic N) is 1. The van der Waals surface area contributed by atoms with E-state index in [2.05, 4.69) is 34.9 Å². The molecule has 0 spiro atoms. The molecule has 8 aromatic carbocycles. The molecule has 0 aliphatic heterocycles. The molecular formula is C55H28BF24NOS. The van der Waals surface area contributed by atoms with Crippen LogP contribution in [0.25, 0.3) is 31.8 Å². The third kappa shape index (κ3) is 12.8. The maximum absolute atomic E-state index is 14.2. The second kappa shape index (κ2) is 21.1. The summed E-state index contributed by atoms with van der Waals surface area (Å²) in [6.07, 6.45) is -54.8. The molecule has 0 radical (unpaired) electrons. The van der Waals surface area contributed by atoms with Crippen molar-refractivity contribution < 1.29 is 115 Å². The number of thiazole rings is 1. The van der Waals surface area contributed by atoms with Crippen molar-refractivity contribution in [3.8, 4) is 0 Å². The second-order valence-electron chi connectivity index (χ2n) is 18.7. The highest BCUT2D eigenvalue weighted by Crippen LogP contribution is 2.42. The molecule has 2 nitrogen and oxygen atoms in total. The number of Topliss-reactive ketones (excluding diaryl/α,β-unsaturated/α-hetero) is 1. The Balaban J connectivity index is 0.000000283. The molecule has 28 heteroatoms. The first-order chi connectivity index (χ1) is 38.1. The average molecular weight is 1220 g/mol. The van der Waals surface area contributed by atoms with E-state index in [0.29, 0.717) is 6.54 Å². The number of carbonyl (C=O) groups excluding carboxylic acids is 1. The highest BCUT2D eigenvalue weighted by Gasteiger charge is 2.47. The summed E-state index contributed by atoms with van der Waals surface area (Å²) in [6, 6.07) is 17.8. The second-order valence-corrected chi connectivity index (χ2v) is 19.5. The van der Waals surface area contributed by atoms with Gasteiger partial charge in [0.2, 0.25) is 23.4 Å². The highest BCUT2D eigenvalue weighted by molar-refractivity contribution is 7.20. The Morgan fingerprint density at radius 2 is 0.614 bits per heavy atom. The molecule has 436 valence electrons. The molecule has 0 aliphatic carbocycles. The number of halogens is 24. The van der Waals surface area contributed by atoms with Crippen LogP contribution in [0, 0.1) is 0 Å². The van der Waals surface area contributed by atoms with Crippen molar-refractivity contribution in [2.24, 2.45) is 0 Å². The van der Waals surface area contributed by atoms with Gasteiger partial charge >= 0.3 is 49.4 Å². The molecular weight excluding hydrogens is 1190 g/mol. The van der Waals surface area contributed by atoms with E-state index < -0.39 is 195 Å². The van der Waals surface area contributed by atoms with Crippen LogP contribution in [0.3, 0.4) is 0 Å². The lowest BCUT2D eigenvalue weighted by Crippen LogP contribution is -2.75. The fourth-order valence-corrected chi connectivity index (χ4v) is 10.6. The average Bonchev–Trinajstić information content (AvgIpc) is 1.31. The Kier molecular flexibility index (Phi) is 15.6. The molecule has 0 saturated carbocycles. The van der Waals surface area contributed by atoms with Crippen molar-refractivity contribution in [3.63, 3.8) is 0 Å². The number of hydrogen-bond donors (Lipinski definition) is 0. The van der Waals surface area contributed by atoms with Crippen LogP contribution >= 0.6 is 11.3 Å². The van der Waals surface area contributed by atoms with Gasteiger partial charge in [0.05, 0.1) is 44.5 Å². The largest absolute Gasteiger partial charge is 0.416 e. The first kappa shape index (κ1) is 61.3. The molecule has 9 rings (SSSR count). The first-order valence-electron chi connectivity index (χ1n) is 23.2. The molecule has 0 aliphatic rings. The molecule has 0 atom stereocenters. The van der Waals surface area contributed by atoms with Crippen LogP contribution in [0.5, 0.6) is 0 Å². The van der Waals surface area contributed by atoms with Gasteiger partial charge in [-0.25, -0.2) is 0 Å². The summed E-state index contributed by atoms with van der Waals surface area (Å²) < 4.78 is 344. The van der Waals surface area contributed by atoms with Crippen molar-refractivity contribution in [1.29, 1.82) is 0 Å². The molecule has 0 unspecified atom stereocenters. The lowest BCUT2D eigenvalue weighted by Gasteiger charge is -2.46. The van der Waals surface area contributed by atoms with Crippen LogP contribution in [-0.4, -0.2) is 11.9 Å². The van der Waals surface area contributed by atoms with E-state index in [0.717, 1.165) is 32.6 Å². The zero-order valence-electron chi connectivity index (χ0n) is 40.6. The molecule has 9 aromatic rings. The van der Waals surface area contributed by atoms with Crippen LogP contribution in [0.2, 0.25) is 0 Å². The monoisotopic (exact) mass is 1220 g/mol. The van der Waals surface area contributed by atoms with Crippen molar-refractivity contribution in [1.82, 2.24) is 0 Å². The number of hydrogen-bond acceptors (Lipinski definition) is 2. The third-order valence-electron chi connectivity index (χ3n) is 13.3. The quantitative estimate of drug-likeness (QED) is 0.0512. The van der Waals surface area contributed by atoms with E-state index in [1.165, 1.54) is 4.70 Å². The maximum Gasteiger partial charge on any atom is 0.416 e. The number of para-hydroxylation sites is 1. The summed E-state index contributed by atoms with van der Waals surface area (Å²) in [5.41, 5.74) is -26.2. The third-order valence-corrected chi connectivity index (χ3v) is 14.2.